The van der Waals surface area contributed by atoms with Crippen LogP contribution in [0.4, 0.5) is 0 Å². The molecule has 0 aliphatic carbocycles. The van der Waals surface area contributed by atoms with Crippen LogP contribution in [-0.2, 0) is 38.8 Å². The summed E-state index contributed by atoms with van der Waals surface area (Å²) >= 11 is 11.0. The Bertz CT molecular complexity index is 3000. The SMILES string of the molecule is CCCCc1nc(C)c(CC(=S)N(C)C)c(=O)n1Cc1ccc(-c2ccccc2-c2nn[nH]n2)cc1.CCCCc1nc(C)c(CC(=S)N(C)C)c(=O)n1Cc1ccc(-c2ccccc2-c2nn[nH]n2)cc1. The summed E-state index contributed by atoms with van der Waals surface area (Å²) in [6.07, 6.45) is 6.40. The fraction of sp³-hybridized carbons (Fsp3) is 0.333. The van der Waals surface area contributed by atoms with Crippen LogP contribution in [0.2, 0.25) is 0 Å². The van der Waals surface area contributed by atoms with Gasteiger partial charge in [-0.05, 0) is 70.5 Å². The van der Waals surface area contributed by atoms with Crippen molar-refractivity contribution < 1.29 is 0 Å². The number of hydrogen-bond donors (Lipinski definition) is 2. The van der Waals surface area contributed by atoms with Gasteiger partial charge in [-0.1, -0.05) is 148 Å². The van der Waals surface area contributed by atoms with Gasteiger partial charge in [0, 0.05) is 87.5 Å². The average Bonchev–Trinajstić information content (AvgIpc) is 4.14. The quantitative estimate of drug-likeness (QED) is 0.0781. The van der Waals surface area contributed by atoms with Crippen molar-refractivity contribution in [1.82, 2.24) is 70.2 Å². The van der Waals surface area contributed by atoms with Gasteiger partial charge in [-0.25, -0.2) is 9.97 Å². The van der Waals surface area contributed by atoms with Gasteiger partial charge in [0.15, 0.2) is 0 Å². The van der Waals surface area contributed by atoms with Gasteiger partial charge >= 0.3 is 0 Å². The Hall–Kier alpha value is -7.44. The summed E-state index contributed by atoms with van der Waals surface area (Å²) < 4.78 is 3.64. The molecule has 0 radical (unpaired) electrons. The minimum Gasteiger partial charge on any atom is -0.372 e. The first kappa shape index (κ1) is 52.4. The molecule has 0 unspecified atom stereocenters. The number of aryl methyl sites for hydroxylation is 4. The van der Waals surface area contributed by atoms with Crippen molar-refractivity contribution in [3.05, 3.63) is 163 Å². The minimum absolute atomic E-state index is 0.00988. The number of H-pyrrole nitrogens is 2. The first-order chi connectivity index (χ1) is 34.8. The first-order valence-corrected chi connectivity index (χ1v) is 25.0. The van der Waals surface area contributed by atoms with E-state index in [0.29, 0.717) is 48.7 Å². The van der Waals surface area contributed by atoms with E-state index in [1.807, 2.05) is 110 Å². The number of tetrazole rings is 2. The average molecular weight is 1000 g/mol. The molecule has 2 N–H and O–H groups in total. The van der Waals surface area contributed by atoms with Crippen LogP contribution in [0.15, 0.2) is 107 Å². The summed E-state index contributed by atoms with van der Waals surface area (Å²) in [5.74, 6) is 2.75. The van der Waals surface area contributed by atoms with E-state index in [-0.39, 0.29) is 11.1 Å². The van der Waals surface area contributed by atoms with Crippen LogP contribution >= 0.6 is 24.4 Å². The van der Waals surface area contributed by atoms with Crippen molar-refractivity contribution >= 4 is 34.4 Å². The summed E-state index contributed by atoms with van der Waals surface area (Å²) in [7, 11) is 7.60. The third-order valence-electron chi connectivity index (χ3n) is 12.5. The standard InChI is InChI=1S/2C27H31N7OS/c2*1-5-6-11-24-28-18(2)23(16-25(36)33(3)4)27(35)34(24)17-19-12-14-20(15-13-19)21-9-7-8-10-22(21)26-29-31-32-30-26/h2*7-10,12-15H,5-6,11,16-17H2,1-4H3,(H,29,30,31,32). The number of likely N-dealkylation sites (N-methyl/N-ethyl adjacent to an activating group) is 2. The summed E-state index contributed by atoms with van der Waals surface area (Å²) in [5, 5.41) is 28.9. The Kier molecular flexibility index (Phi) is 17.9. The second-order valence-electron chi connectivity index (χ2n) is 18.1. The van der Waals surface area contributed by atoms with Crippen molar-refractivity contribution in [3.63, 3.8) is 0 Å². The van der Waals surface area contributed by atoms with Gasteiger partial charge in [0.05, 0.1) is 23.1 Å². The number of aromatic amines is 2. The van der Waals surface area contributed by atoms with E-state index < -0.39 is 0 Å². The number of aromatic nitrogens is 12. The minimum atomic E-state index is -0.00988. The van der Waals surface area contributed by atoms with Crippen LogP contribution in [0.3, 0.4) is 0 Å². The fourth-order valence-corrected chi connectivity index (χ4v) is 8.56. The zero-order valence-corrected chi connectivity index (χ0v) is 43.9. The van der Waals surface area contributed by atoms with E-state index in [2.05, 4.69) is 104 Å². The molecule has 0 saturated carbocycles. The van der Waals surface area contributed by atoms with E-state index >= 15 is 0 Å². The van der Waals surface area contributed by atoms with Gasteiger partial charge in [0.25, 0.3) is 11.1 Å². The molecule has 0 fully saturated rings. The molecule has 0 bridgehead atoms. The van der Waals surface area contributed by atoms with Crippen LogP contribution in [0.5, 0.6) is 0 Å². The number of benzene rings is 4. The van der Waals surface area contributed by atoms with Crippen molar-refractivity contribution in [2.24, 2.45) is 0 Å². The maximum atomic E-state index is 13.6. The van der Waals surface area contributed by atoms with E-state index in [1.54, 1.807) is 0 Å². The van der Waals surface area contributed by atoms with Gasteiger partial charge in [0.1, 0.15) is 11.6 Å². The molecule has 0 aliphatic rings. The molecule has 18 heteroatoms. The Labute approximate surface area is 431 Å². The third kappa shape index (κ3) is 12.7. The fourth-order valence-electron chi connectivity index (χ4n) is 8.27. The molecule has 4 aromatic heterocycles. The maximum Gasteiger partial charge on any atom is 0.257 e. The summed E-state index contributed by atoms with van der Waals surface area (Å²) in [5.41, 5.74) is 10.8. The van der Waals surface area contributed by atoms with Gasteiger partial charge in [-0.3, -0.25) is 18.7 Å². The number of nitrogens with one attached hydrogen (secondary N) is 2. The second-order valence-corrected chi connectivity index (χ2v) is 19.0. The molecule has 8 aromatic rings. The van der Waals surface area contributed by atoms with Crippen LogP contribution in [0.1, 0.15) is 84.8 Å². The molecule has 0 atom stereocenters. The Morgan fingerprint density at radius 1 is 0.542 bits per heavy atom. The van der Waals surface area contributed by atoms with Crippen LogP contribution in [-0.4, -0.2) is 108 Å². The molecular weight excluding hydrogens is 941 g/mol. The first-order valence-electron chi connectivity index (χ1n) is 24.2. The molecule has 4 heterocycles. The predicted octanol–water partition coefficient (Wildman–Crippen LogP) is 8.44. The van der Waals surface area contributed by atoms with Crippen LogP contribution in [0.25, 0.3) is 45.0 Å². The molecule has 0 amide bonds. The highest BCUT2D eigenvalue weighted by Gasteiger charge is 2.20. The smallest absolute Gasteiger partial charge is 0.257 e. The number of hydrogen-bond acceptors (Lipinski definition) is 12. The van der Waals surface area contributed by atoms with Gasteiger partial charge in [0.2, 0.25) is 11.6 Å². The maximum absolute atomic E-state index is 13.6. The molecular formula is C54H62N14O2S2. The van der Waals surface area contributed by atoms with E-state index in [0.717, 1.165) is 116 Å². The lowest BCUT2D eigenvalue weighted by Gasteiger charge is -2.18. The van der Waals surface area contributed by atoms with E-state index in [1.165, 1.54) is 0 Å². The molecule has 0 aliphatic heterocycles. The second kappa shape index (κ2) is 24.6. The van der Waals surface area contributed by atoms with Crippen molar-refractivity contribution in [1.29, 1.82) is 0 Å². The lowest BCUT2D eigenvalue weighted by atomic mass is 9.98. The third-order valence-corrected chi connectivity index (χ3v) is 13.5. The van der Waals surface area contributed by atoms with Gasteiger partial charge in [-0.2, -0.15) is 10.4 Å². The van der Waals surface area contributed by atoms with Gasteiger partial charge < -0.3 is 9.80 Å². The van der Waals surface area contributed by atoms with E-state index in [9.17, 15) is 9.59 Å². The Morgan fingerprint density at radius 3 is 1.22 bits per heavy atom. The monoisotopic (exact) mass is 1000 g/mol. The number of unbranched alkanes of at least 4 members (excludes halogenated alkanes) is 2. The van der Waals surface area contributed by atoms with Crippen molar-refractivity contribution in [3.8, 4) is 45.0 Å². The summed E-state index contributed by atoms with van der Waals surface area (Å²) in [6.45, 7) is 9.02. The van der Waals surface area contributed by atoms with Crippen molar-refractivity contribution in [2.45, 2.75) is 92.2 Å². The number of nitrogens with zero attached hydrogens (tertiary/aromatic N) is 12. The lowest BCUT2D eigenvalue weighted by Crippen LogP contribution is -2.33. The highest BCUT2D eigenvalue weighted by molar-refractivity contribution is 7.80. The lowest BCUT2D eigenvalue weighted by molar-refractivity contribution is 0.610. The molecule has 8 rings (SSSR count). The van der Waals surface area contributed by atoms with Crippen LogP contribution < -0.4 is 11.1 Å². The largest absolute Gasteiger partial charge is 0.372 e. The molecule has 4 aromatic carbocycles. The number of rotatable bonds is 18. The van der Waals surface area contributed by atoms with Crippen molar-refractivity contribution in [2.75, 3.05) is 28.2 Å². The summed E-state index contributed by atoms with van der Waals surface area (Å²) in [4.78, 5) is 42.1. The summed E-state index contributed by atoms with van der Waals surface area (Å²) in [6, 6.07) is 32.4. The van der Waals surface area contributed by atoms with E-state index in [4.69, 9.17) is 34.4 Å². The van der Waals surface area contributed by atoms with Crippen LogP contribution in [0, 0.1) is 13.8 Å². The Balaban J connectivity index is 0.000000211. The molecule has 372 valence electrons. The zero-order valence-electron chi connectivity index (χ0n) is 42.3. The number of thiocarbonyl (C=S) groups is 2. The van der Waals surface area contributed by atoms with Gasteiger partial charge in [-0.15, -0.1) is 20.4 Å². The molecule has 16 nitrogen and oxygen atoms in total. The highest BCUT2D eigenvalue weighted by atomic mass is 32.1. The zero-order chi connectivity index (χ0) is 51.3. The predicted molar refractivity (Wildman–Crippen MR) is 292 cm³/mol. The highest BCUT2D eigenvalue weighted by Crippen LogP contribution is 2.31. The normalized spacial score (nSPS) is 11.0. The molecule has 72 heavy (non-hydrogen) atoms. The topological polar surface area (TPSA) is 185 Å². The molecule has 0 spiro atoms. The molecule has 0 saturated heterocycles. The Morgan fingerprint density at radius 2 is 0.903 bits per heavy atom.